The summed E-state index contributed by atoms with van der Waals surface area (Å²) in [6, 6.07) is 7.16. The number of urea groups is 1. The van der Waals surface area contributed by atoms with E-state index in [2.05, 4.69) is 5.32 Å². The van der Waals surface area contributed by atoms with Gasteiger partial charge in [-0.2, -0.15) is 0 Å². The summed E-state index contributed by atoms with van der Waals surface area (Å²) in [5.74, 6) is -2.79. The van der Waals surface area contributed by atoms with Crippen LogP contribution >= 0.6 is 0 Å². The molecule has 2 bridgehead atoms. The maximum Gasteiger partial charge on any atom is 0.322 e. The summed E-state index contributed by atoms with van der Waals surface area (Å²) < 4.78 is 45.8. The fraction of sp³-hybridized carbons (Fsp3) is 0.417. The fourth-order valence-corrected chi connectivity index (χ4v) is 4.63. The largest absolute Gasteiger partial charge is 0.494 e. The number of fused-ring (bicyclic) bond motifs is 2. The minimum absolute atomic E-state index is 0.0555. The molecule has 3 atom stereocenters. The molecule has 0 unspecified atom stereocenters. The number of benzene rings is 2. The lowest BCUT2D eigenvalue weighted by Crippen LogP contribution is -2.52. The number of carbonyl (C=O) groups excluding carboxylic acids is 2. The molecule has 2 aliphatic heterocycles. The number of rotatable bonds is 7. The molecule has 3 amide bonds. The lowest BCUT2D eigenvalue weighted by molar-refractivity contribution is -0.133. The van der Waals surface area contributed by atoms with E-state index in [1.165, 1.54) is 0 Å². The van der Waals surface area contributed by atoms with Crippen molar-refractivity contribution < 1.29 is 27.5 Å². The Morgan fingerprint density at radius 3 is 2.35 bits per heavy atom. The Balaban J connectivity index is 1.28. The topological polar surface area (TPSA) is 87.9 Å². The third-order valence-electron chi connectivity index (χ3n) is 6.25. The summed E-state index contributed by atoms with van der Waals surface area (Å²) in [6.07, 6.45) is 0.531. The minimum atomic E-state index is -1.27. The lowest BCUT2D eigenvalue weighted by Gasteiger charge is -2.34. The second-order valence-corrected chi connectivity index (χ2v) is 8.66. The molecule has 2 fully saturated rings. The second-order valence-electron chi connectivity index (χ2n) is 8.66. The van der Waals surface area contributed by atoms with E-state index < -0.39 is 23.5 Å². The average molecular weight is 476 g/mol. The van der Waals surface area contributed by atoms with E-state index in [9.17, 15) is 22.8 Å². The molecule has 0 radical (unpaired) electrons. The van der Waals surface area contributed by atoms with Gasteiger partial charge in [0.1, 0.15) is 11.6 Å². The first-order chi connectivity index (χ1) is 16.2. The predicted octanol–water partition coefficient (Wildman–Crippen LogP) is 3.28. The Kier molecular flexibility index (Phi) is 6.97. The number of carbonyl (C=O) groups is 2. The minimum Gasteiger partial charge on any atom is -0.494 e. The van der Waals surface area contributed by atoms with Gasteiger partial charge in [0.15, 0.2) is 11.6 Å². The highest BCUT2D eigenvalue weighted by molar-refractivity contribution is 5.90. The van der Waals surface area contributed by atoms with Gasteiger partial charge in [-0.05, 0) is 55.7 Å². The normalized spacial score (nSPS) is 19.9. The quantitative estimate of drug-likeness (QED) is 0.601. The molecular weight excluding hydrogens is 449 g/mol. The van der Waals surface area contributed by atoms with Gasteiger partial charge in [-0.15, -0.1) is 0 Å². The zero-order chi connectivity index (χ0) is 24.4. The third-order valence-corrected chi connectivity index (χ3v) is 6.25. The number of nitrogens with two attached hydrogens (primary N) is 1. The predicted molar refractivity (Wildman–Crippen MR) is 120 cm³/mol. The van der Waals surface area contributed by atoms with Crippen LogP contribution in [0.3, 0.4) is 0 Å². The first-order valence-electron chi connectivity index (χ1n) is 11.2. The maximum atomic E-state index is 13.9. The van der Waals surface area contributed by atoms with E-state index >= 15 is 0 Å². The second kappa shape index (κ2) is 9.92. The van der Waals surface area contributed by atoms with E-state index in [-0.39, 0.29) is 42.4 Å². The van der Waals surface area contributed by atoms with Gasteiger partial charge in [0.05, 0.1) is 18.7 Å². The maximum absolute atomic E-state index is 13.9. The molecule has 0 aliphatic carbocycles. The van der Waals surface area contributed by atoms with Crippen LogP contribution in [-0.2, 0) is 11.2 Å². The van der Waals surface area contributed by atoms with Crippen molar-refractivity contribution in [1.29, 1.82) is 0 Å². The Hall–Kier alpha value is -3.27. The van der Waals surface area contributed by atoms with Crippen LogP contribution in [-0.4, -0.2) is 59.6 Å². The van der Waals surface area contributed by atoms with Crippen LogP contribution in [0.2, 0.25) is 0 Å². The Morgan fingerprint density at radius 1 is 1.06 bits per heavy atom. The van der Waals surface area contributed by atoms with Gasteiger partial charge in [0, 0.05) is 37.3 Å². The van der Waals surface area contributed by atoms with Crippen molar-refractivity contribution in [2.45, 2.75) is 44.3 Å². The van der Waals surface area contributed by atoms with Gasteiger partial charge < -0.3 is 25.6 Å². The van der Waals surface area contributed by atoms with Gasteiger partial charge in [0.25, 0.3) is 0 Å². The number of halogens is 3. The summed E-state index contributed by atoms with van der Waals surface area (Å²) in [4.78, 5) is 28.9. The third kappa shape index (κ3) is 5.11. The molecule has 2 heterocycles. The zero-order valence-corrected chi connectivity index (χ0v) is 18.8. The summed E-state index contributed by atoms with van der Waals surface area (Å²) in [6.45, 7) is 3.26. The SMILES string of the molecule is CCOc1ccc(NC(=O)N2C[C@@H]3C[C@@H]2CN3C(=O)C[C@H](N)Cc2cc(F)c(F)cc2F)cc1. The summed E-state index contributed by atoms with van der Waals surface area (Å²) in [5, 5.41) is 2.87. The highest BCUT2D eigenvalue weighted by Crippen LogP contribution is 2.32. The summed E-state index contributed by atoms with van der Waals surface area (Å²) in [7, 11) is 0. The Bertz CT molecular complexity index is 1070. The Morgan fingerprint density at radius 2 is 1.71 bits per heavy atom. The first kappa shape index (κ1) is 23.9. The molecular formula is C24H27F3N4O3. The van der Waals surface area contributed by atoms with Crippen molar-refractivity contribution in [3.8, 4) is 5.75 Å². The highest BCUT2D eigenvalue weighted by Gasteiger charge is 2.47. The van der Waals surface area contributed by atoms with Crippen LogP contribution in [0.4, 0.5) is 23.7 Å². The van der Waals surface area contributed by atoms with Crippen molar-refractivity contribution in [3.05, 3.63) is 59.4 Å². The van der Waals surface area contributed by atoms with Crippen LogP contribution in [0.25, 0.3) is 0 Å². The van der Waals surface area contributed by atoms with Crippen LogP contribution < -0.4 is 15.8 Å². The number of likely N-dealkylation sites (tertiary alicyclic amines) is 2. The fourth-order valence-electron chi connectivity index (χ4n) is 4.63. The van der Waals surface area contributed by atoms with Gasteiger partial charge in [0.2, 0.25) is 5.91 Å². The van der Waals surface area contributed by atoms with Gasteiger partial charge >= 0.3 is 6.03 Å². The summed E-state index contributed by atoms with van der Waals surface area (Å²) in [5.41, 5.74) is 6.59. The molecule has 2 aromatic rings. The molecule has 34 heavy (non-hydrogen) atoms. The van der Waals surface area contributed by atoms with Gasteiger partial charge in [-0.3, -0.25) is 4.79 Å². The van der Waals surface area contributed by atoms with Crippen LogP contribution in [0, 0.1) is 17.5 Å². The zero-order valence-electron chi connectivity index (χ0n) is 18.8. The smallest absolute Gasteiger partial charge is 0.322 e. The molecule has 0 saturated carbocycles. The summed E-state index contributed by atoms with van der Waals surface area (Å²) >= 11 is 0. The molecule has 2 aromatic carbocycles. The highest BCUT2D eigenvalue weighted by atomic mass is 19.2. The first-order valence-corrected chi connectivity index (χ1v) is 11.2. The number of anilines is 1. The van der Waals surface area contributed by atoms with Crippen LogP contribution in [0.1, 0.15) is 25.3 Å². The van der Waals surface area contributed by atoms with Crippen LogP contribution in [0.15, 0.2) is 36.4 Å². The molecule has 0 spiro atoms. The number of amides is 3. The van der Waals surface area contributed by atoms with E-state index in [0.29, 0.717) is 37.9 Å². The lowest BCUT2D eigenvalue weighted by atomic mass is 10.0. The van der Waals surface area contributed by atoms with E-state index in [4.69, 9.17) is 10.5 Å². The molecule has 2 aliphatic rings. The monoisotopic (exact) mass is 476 g/mol. The standard InChI is InChI=1S/C24H27F3N4O3/c1-2-34-19-5-3-16(4-6-19)29-24(33)31-13-17-10-18(31)12-30(17)23(32)9-15(28)7-14-8-21(26)22(27)11-20(14)25/h3-6,8,11,15,17-18H,2,7,9-10,12-13,28H2,1H3,(H,29,33)/t15-,17+,18-/m1/s1. The molecule has 0 aromatic heterocycles. The molecule has 182 valence electrons. The number of nitrogens with one attached hydrogen (secondary N) is 1. The molecule has 10 heteroatoms. The van der Waals surface area contributed by atoms with E-state index in [1.807, 2.05) is 6.92 Å². The van der Waals surface area contributed by atoms with Crippen molar-refractivity contribution in [3.63, 3.8) is 0 Å². The number of hydrogen-bond acceptors (Lipinski definition) is 4. The van der Waals surface area contributed by atoms with Gasteiger partial charge in [-0.1, -0.05) is 0 Å². The van der Waals surface area contributed by atoms with Crippen molar-refractivity contribution in [2.24, 2.45) is 5.73 Å². The molecule has 4 rings (SSSR count). The number of nitrogens with zero attached hydrogens (tertiary/aromatic N) is 2. The van der Waals surface area contributed by atoms with Crippen molar-refractivity contribution >= 4 is 17.6 Å². The van der Waals surface area contributed by atoms with Gasteiger partial charge in [-0.25, -0.2) is 18.0 Å². The number of piperazine rings is 1. The molecule has 7 nitrogen and oxygen atoms in total. The number of hydrogen-bond donors (Lipinski definition) is 2. The van der Waals surface area contributed by atoms with Crippen LogP contribution in [0.5, 0.6) is 5.75 Å². The number of ether oxygens (including phenoxy) is 1. The Labute approximate surface area is 195 Å². The van der Waals surface area contributed by atoms with Crippen molar-refractivity contribution in [2.75, 3.05) is 25.0 Å². The van der Waals surface area contributed by atoms with E-state index in [0.717, 1.165) is 11.8 Å². The van der Waals surface area contributed by atoms with Crippen molar-refractivity contribution in [1.82, 2.24) is 9.80 Å². The molecule has 3 N–H and O–H groups in total. The molecule has 2 saturated heterocycles. The van der Waals surface area contributed by atoms with E-state index in [1.54, 1.807) is 34.1 Å². The average Bonchev–Trinajstić information content (AvgIpc) is 3.40.